The van der Waals surface area contributed by atoms with Crippen LogP contribution >= 0.6 is 0 Å². The van der Waals surface area contributed by atoms with E-state index in [-0.39, 0.29) is 24.2 Å². The summed E-state index contributed by atoms with van der Waals surface area (Å²) in [4.78, 5) is 26.4. The summed E-state index contributed by atoms with van der Waals surface area (Å²) in [6, 6.07) is 9.72. The summed E-state index contributed by atoms with van der Waals surface area (Å²) in [6.45, 7) is 2.90. The number of halogens is 2. The first-order valence-corrected chi connectivity index (χ1v) is 9.43. The van der Waals surface area contributed by atoms with Crippen molar-refractivity contribution in [3.05, 3.63) is 86.2 Å². The van der Waals surface area contributed by atoms with E-state index in [1.54, 1.807) is 38.1 Å². The molecule has 0 bridgehead atoms. The Morgan fingerprint density at radius 3 is 2.33 bits per heavy atom. The van der Waals surface area contributed by atoms with Crippen molar-refractivity contribution < 1.29 is 13.5 Å². The van der Waals surface area contributed by atoms with Crippen molar-refractivity contribution in [2.24, 2.45) is 5.73 Å². The first kappa shape index (κ1) is 21.4. The van der Waals surface area contributed by atoms with Gasteiger partial charge in [-0.15, -0.1) is 0 Å². The summed E-state index contributed by atoms with van der Waals surface area (Å²) < 4.78 is 36.0. The van der Waals surface area contributed by atoms with Crippen LogP contribution < -0.4 is 21.7 Å². The zero-order valence-electron chi connectivity index (χ0n) is 17.0. The SMILES string of the molecule is COc1cccc(-c2c(C)n(Cc3c(F)cccc3F)c(=O)n([C@H](C)CN)c2=O)c1. The molecule has 158 valence electrons. The average Bonchev–Trinajstić information content (AvgIpc) is 2.73. The van der Waals surface area contributed by atoms with Gasteiger partial charge in [0.2, 0.25) is 0 Å². The summed E-state index contributed by atoms with van der Waals surface area (Å²) in [5.74, 6) is -1.01. The largest absolute Gasteiger partial charge is 0.497 e. The lowest BCUT2D eigenvalue weighted by molar-refractivity contribution is 0.415. The molecule has 6 nitrogen and oxygen atoms in total. The molecular weight excluding hydrogens is 392 g/mol. The number of methoxy groups -OCH3 is 1. The van der Waals surface area contributed by atoms with E-state index in [0.29, 0.717) is 17.0 Å². The monoisotopic (exact) mass is 415 g/mol. The number of hydrogen-bond acceptors (Lipinski definition) is 4. The first-order chi connectivity index (χ1) is 14.3. The second-order valence-electron chi connectivity index (χ2n) is 7.02. The van der Waals surface area contributed by atoms with Crippen LogP contribution in [0.25, 0.3) is 11.1 Å². The molecule has 3 rings (SSSR count). The Hall–Kier alpha value is -3.26. The molecule has 0 aliphatic carbocycles. The Morgan fingerprint density at radius 1 is 1.10 bits per heavy atom. The van der Waals surface area contributed by atoms with Crippen molar-refractivity contribution in [2.45, 2.75) is 26.4 Å². The van der Waals surface area contributed by atoms with Crippen molar-refractivity contribution >= 4 is 0 Å². The van der Waals surface area contributed by atoms with Gasteiger partial charge in [0.25, 0.3) is 5.56 Å². The van der Waals surface area contributed by atoms with Crippen molar-refractivity contribution in [1.82, 2.24) is 9.13 Å². The van der Waals surface area contributed by atoms with Crippen LogP contribution in [0.15, 0.2) is 52.1 Å². The van der Waals surface area contributed by atoms with Gasteiger partial charge in [0.1, 0.15) is 17.4 Å². The molecule has 2 aromatic carbocycles. The zero-order chi connectivity index (χ0) is 22.0. The molecule has 8 heteroatoms. The van der Waals surface area contributed by atoms with Gasteiger partial charge in [0.05, 0.1) is 25.3 Å². The summed E-state index contributed by atoms with van der Waals surface area (Å²) in [5.41, 5.74) is 5.32. The number of nitrogens with two attached hydrogens (primary N) is 1. The second kappa shape index (κ2) is 8.62. The highest BCUT2D eigenvalue weighted by molar-refractivity contribution is 5.66. The molecule has 1 atom stereocenters. The molecule has 0 radical (unpaired) electrons. The van der Waals surface area contributed by atoms with Crippen LogP contribution in [-0.4, -0.2) is 22.8 Å². The smallest absolute Gasteiger partial charge is 0.331 e. The van der Waals surface area contributed by atoms with Crippen LogP contribution in [0.4, 0.5) is 8.78 Å². The Kier molecular flexibility index (Phi) is 6.17. The van der Waals surface area contributed by atoms with E-state index in [0.717, 1.165) is 16.7 Å². The van der Waals surface area contributed by atoms with Gasteiger partial charge >= 0.3 is 5.69 Å². The lowest BCUT2D eigenvalue weighted by Crippen LogP contribution is -2.45. The summed E-state index contributed by atoms with van der Waals surface area (Å²) in [7, 11) is 1.50. The molecule has 0 aliphatic rings. The molecule has 0 saturated carbocycles. The van der Waals surface area contributed by atoms with Crippen LogP contribution in [-0.2, 0) is 6.54 Å². The first-order valence-electron chi connectivity index (χ1n) is 9.43. The van der Waals surface area contributed by atoms with Gasteiger partial charge < -0.3 is 10.5 Å². The molecule has 2 N–H and O–H groups in total. The predicted octanol–water partition coefficient (Wildman–Crippen LogP) is 2.84. The highest BCUT2D eigenvalue weighted by Crippen LogP contribution is 2.24. The zero-order valence-corrected chi connectivity index (χ0v) is 17.0. The standard InChI is InChI=1S/C22H23F2N3O3/c1-13(11-25)27-21(28)20(15-6-4-7-16(10-15)30-3)14(2)26(22(27)29)12-17-18(23)8-5-9-19(17)24/h4-10,13H,11-12,25H2,1-3H3/t13-/m1/s1. The molecule has 0 aliphatic heterocycles. The fourth-order valence-corrected chi connectivity index (χ4v) is 3.40. The van der Waals surface area contributed by atoms with Crippen LogP contribution in [0.2, 0.25) is 0 Å². The molecule has 0 fully saturated rings. The molecule has 30 heavy (non-hydrogen) atoms. The molecule has 3 aromatic rings. The van der Waals surface area contributed by atoms with E-state index in [9.17, 15) is 18.4 Å². The normalized spacial score (nSPS) is 12.1. The van der Waals surface area contributed by atoms with Crippen molar-refractivity contribution in [1.29, 1.82) is 0 Å². The van der Waals surface area contributed by atoms with Gasteiger partial charge in [-0.1, -0.05) is 18.2 Å². The highest BCUT2D eigenvalue weighted by Gasteiger charge is 2.22. The lowest BCUT2D eigenvalue weighted by Gasteiger charge is -2.21. The Bertz CT molecular complexity index is 1180. The Labute approximate surface area is 172 Å². The number of ether oxygens (including phenoxy) is 1. The quantitative estimate of drug-likeness (QED) is 0.672. The third-order valence-corrected chi connectivity index (χ3v) is 5.15. The molecule has 0 spiro atoms. The van der Waals surface area contributed by atoms with Crippen molar-refractivity contribution in [2.75, 3.05) is 13.7 Å². The summed E-state index contributed by atoms with van der Waals surface area (Å²) in [5, 5.41) is 0. The van der Waals surface area contributed by atoms with Crippen LogP contribution in [0.3, 0.4) is 0 Å². The summed E-state index contributed by atoms with van der Waals surface area (Å²) in [6.07, 6.45) is 0. The summed E-state index contributed by atoms with van der Waals surface area (Å²) >= 11 is 0. The third kappa shape index (κ3) is 3.78. The number of nitrogens with zero attached hydrogens (tertiary/aromatic N) is 2. The molecular formula is C22H23F2N3O3. The highest BCUT2D eigenvalue weighted by atomic mass is 19.1. The van der Waals surface area contributed by atoms with E-state index in [1.165, 1.54) is 17.7 Å². The maximum absolute atomic E-state index is 14.3. The fraction of sp³-hybridized carbons (Fsp3) is 0.273. The fourth-order valence-electron chi connectivity index (χ4n) is 3.40. The minimum absolute atomic E-state index is 0.0455. The predicted molar refractivity (Wildman–Crippen MR) is 111 cm³/mol. The minimum atomic E-state index is -0.770. The average molecular weight is 415 g/mol. The van der Waals surface area contributed by atoms with Crippen molar-refractivity contribution in [3.8, 4) is 16.9 Å². The van der Waals surface area contributed by atoms with E-state index in [2.05, 4.69) is 0 Å². The molecule has 1 heterocycles. The molecule has 0 saturated heterocycles. The van der Waals surface area contributed by atoms with Gasteiger partial charge in [0, 0.05) is 17.8 Å². The van der Waals surface area contributed by atoms with Gasteiger partial charge in [-0.05, 0) is 43.7 Å². The van der Waals surface area contributed by atoms with Crippen LogP contribution in [0, 0.1) is 18.6 Å². The maximum atomic E-state index is 14.3. The van der Waals surface area contributed by atoms with E-state index >= 15 is 0 Å². The Morgan fingerprint density at radius 2 is 1.73 bits per heavy atom. The Balaban J connectivity index is 2.34. The van der Waals surface area contributed by atoms with E-state index in [4.69, 9.17) is 10.5 Å². The second-order valence-corrected chi connectivity index (χ2v) is 7.02. The van der Waals surface area contributed by atoms with E-state index in [1.807, 2.05) is 0 Å². The molecule has 0 amide bonds. The number of rotatable bonds is 6. The number of hydrogen-bond donors (Lipinski definition) is 1. The van der Waals surface area contributed by atoms with Crippen LogP contribution in [0.1, 0.15) is 24.2 Å². The minimum Gasteiger partial charge on any atom is -0.497 e. The van der Waals surface area contributed by atoms with Gasteiger partial charge in [-0.25, -0.2) is 13.6 Å². The van der Waals surface area contributed by atoms with Gasteiger partial charge in [-0.2, -0.15) is 0 Å². The third-order valence-electron chi connectivity index (χ3n) is 5.15. The number of benzene rings is 2. The van der Waals surface area contributed by atoms with Gasteiger partial charge in [-0.3, -0.25) is 13.9 Å². The lowest BCUT2D eigenvalue weighted by atomic mass is 10.0. The molecule has 1 aromatic heterocycles. The van der Waals surface area contributed by atoms with Crippen LogP contribution in [0.5, 0.6) is 5.75 Å². The van der Waals surface area contributed by atoms with E-state index < -0.39 is 28.9 Å². The topological polar surface area (TPSA) is 79.2 Å². The number of aromatic nitrogens is 2. The van der Waals surface area contributed by atoms with Gasteiger partial charge in [0.15, 0.2) is 0 Å². The maximum Gasteiger partial charge on any atom is 0.331 e. The molecule has 0 unspecified atom stereocenters. The van der Waals surface area contributed by atoms with Crippen molar-refractivity contribution in [3.63, 3.8) is 0 Å².